The second-order valence-electron chi connectivity index (χ2n) is 9.64. The first-order valence-corrected chi connectivity index (χ1v) is 13.1. The molecule has 10 N–H and O–H groups in total. The van der Waals surface area contributed by atoms with Crippen LogP contribution >= 0.6 is 0 Å². The Balaban J connectivity index is 2.10. The predicted octanol–water partition coefficient (Wildman–Crippen LogP) is -0.446. The highest BCUT2D eigenvalue weighted by molar-refractivity contribution is 5.94. The molecule has 12 heteroatoms. The van der Waals surface area contributed by atoms with Gasteiger partial charge in [0.15, 0.2) is 0 Å². The number of nitrogens with two attached hydrogens (primary N) is 2. The normalized spacial score (nSPS) is 14.7. The van der Waals surface area contributed by atoms with Crippen molar-refractivity contribution in [3.63, 3.8) is 0 Å². The molecule has 0 fully saturated rings. The van der Waals surface area contributed by atoms with Crippen LogP contribution in [0.25, 0.3) is 0 Å². The van der Waals surface area contributed by atoms with Gasteiger partial charge in [-0.2, -0.15) is 0 Å². The van der Waals surface area contributed by atoms with Gasteiger partial charge in [0.05, 0.1) is 12.1 Å². The quantitative estimate of drug-likeness (QED) is 0.125. The number of aliphatic hydroxyl groups is 1. The van der Waals surface area contributed by atoms with Gasteiger partial charge in [-0.15, -0.1) is 0 Å². The van der Waals surface area contributed by atoms with Gasteiger partial charge in [-0.25, -0.2) is 4.79 Å². The topological polar surface area (TPSA) is 217 Å². The summed E-state index contributed by atoms with van der Waals surface area (Å²) in [5.74, 6) is -3.53. The van der Waals surface area contributed by atoms with Gasteiger partial charge < -0.3 is 42.7 Å². The zero-order valence-electron chi connectivity index (χ0n) is 22.5. The van der Waals surface area contributed by atoms with Gasteiger partial charge in [0.25, 0.3) is 0 Å². The lowest BCUT2D eigenvalue weighted by molar-refractivity contribution is -0.143. The number of rotatable bonds is 16. The number of carboxylic acids is 1. The van der Waals surface area contributed by atoms with E-state index in [1.807, 2.05) is 30.3 Å². The molecule has 0 saturated carbocycles. The number of phenols is 1. The number of nitrogens with one attached hydrogen (secondary N) is 3. The number of hydrogen-bond donors (Lipinski definition) is 8. The van der Waals surface area contributed by atoms with E-state index in [0.717, 1.165) is 5.56 Å². The number of benzene rings is 2. The van der Waals surface area contributed by atoms with Crippen molar-refractivity contribution in [2.75, 3.05) is 6.54 Å². The van der Waals surface area contributed by atoms with Crippen molar-refractivity contribution >= 4 is 23.7 Å². The van der Waals surface area contributed by atoms with Crippen LogP contribution in [0.15, 0.2) is 54.6 Å². The Morgan fingerprint density at radius 1 is 0.800 bits per heavy atom. The molecule has 0 bridgehead atoms. The standard InChI is InChI=1S/C28H39N5O7/c1-17(34)24(27(38)32-23(28(39)40)16-19-10-12-20(35)13-11-19)33-26(37)22(9-5-6-14-29)31-25(36)21(30)15-18-7-3-2-4-8-18/h2-4,7-8,10-13,17,21-24,34-35H,5-6,9,14-16,29-30H2,1H3,(H,31,36)(H,32,38)(H,33,37)(H,39,40). The zero-order chi connectivity index (χ0) is 29.7. The van der Waals surface area contributed by atoms with Gasteiger partial charge in [0.1, 0.15) is 23.9 Å². The summed E-state index contributed by atoms with van der Waals surface area (Å²) in [6, 6.07) is 10.1. The summed E-state index contributed by atoms with van der Waals surface area (Å²) >= 11 is 0. The molecule has 0 spiro atoms. The maximum Gasteiger partial charge on any atom is 0.326 e. The summed E-state index contributed by atoms with van der Waals surface area (Å²) in [6.07, 6.45) is 0.0710. The largest absolute Gasteiger partial charge is 0.508 e. The smallest absolute Gasteiger partial charge is 0.326 e. The maximum atomic E-state index is 13.2. The lowest BCUT2D eigenvalue weighted by Crippen LogP contribution is -2.60. The Bertz CT molecular complexity index is 1110. The van der Waals surface area contributed by atoms with Crippen LogP contribution in [0.1, 0.15) is 37.3 Å². The van der Waals surface area contributed by atoms with Gasteiger partial charge in [0.2, 0.25) is 17.7 Å². The van der Waals surface area contributed by atoms with Gasteiger partial charge in [0, 0.05) is 6.42 Å². The summed E-state index contributed by atoms with van der Waals surface area (Å²) in [7, 11) is 0. The first-order chi connectivity index (χ1) is 19.0. The van der Waals surface area contributed by atoms with Crippen molar-refractivity contribution < 1.29 is 34.5 Å². The van der Waals surface area contributed by atoms with Crippen LogP contribution in [-0.4, -0.2) is 75.8 Å². The Morgan fingerprint density at radius 3 is 1.98 bits per heavy atom. The van der Waals surface area contributed by atoms with Crippen molar-refractivity contribution in [3.8, 4) is 5.75 Å². The second-order valence-corrected chi connectivity index (χ2v) is 9.64. The first kappa shape index (κ1) is 32.2. The second kappa shape index (κ2) is 16.2. The van der Waals surface area contributed by atoms with Crippen molar-refractivity contribution in [2.45, 2.75) is 69.3 Å². The fraction of sp³-hybridized carbons (Fsp3) is 0.429. The molecular weight excluding hydrogens is 518 g/mol. The number of carboxylic acid groups (broad SMARTS) is 1. The molecule has 5 atom stereocenters. The van der Waals surface area contributed by atoms with Crippen LogP contribution in [0.4, 0.5) is 0 Å². The van der Waals surface area contributed by atoms with E-state index >= 15 is 0 Å². The third-order valence-electron chi connectivity index (χ3n) is 6.27. The average Bonchev–Trinajstić information content (AvgIpc) is 2.92. The number of carbonyl (C=O) groups is 4. The van der Waals surface area contributed by atoms with Crippen molar-refractivity contribution in [3.05, 3.63) is 65.7 Å². The molecule has 40 heavy (non-hydrogen) atoms. The summed E-state index contributed by atoms with van der Waals surface area (Å²) in [5, 5.41) is 36.7. The van der Waals surface area contributed by atoms with E-state index in [9.17, 15) is 34.5 Å². The van der Waals surface area contributed by atoms with Gasteiger partial charge in [-0.1, -0.05) is 42.5 Å². The van der Waals surface area contributed by atoms with Crippen LogP contribution < -0.4 is 27.4 Å². The van der Waals surface area contributed by atoms with E-state index in [1.54, 1.807) is 0 Å². The van der Waals surface area contributed by atoms with E-state index in [1.165, 1.54) is 31.2 Å². The van der Waals surface area contributed by atoms with Crippen molar-refractivity contribution in [2.24, 2.45) is 11.5 Å². The number of carbonyl (C=O) groups excluding carboxylic acids is 3. The van der Waals surface area contributed by atoms with E-state index in [2.05, 4.69) is 16.0 Å². The Labute approximate surface area is 233 Å². The number of amides is 3. The van der Waals surface area contributed by atoms with Gasteiger partial charge >= 0.3 is 5.97 Å². The summed E-state index contributed by atoms with van der Waals surface area (Å²) in [5.41, 5.74) is 13.0. The SMILES string of the molecule is CC(O)C(NC(=O)C(CCCCN)NC(=O)C(N)Cc1ccccc1)C(=O)NC(Cc1ccc(O)cc1)C(=O)O. The summed E-state index contributed by atoms with van der Waals surface area (Å²) < 4.78 is 0. The first-order valence-electron chi connectivity index (χ1n) is 13.1. The molecule has 12 nitrogen and oxygen atoms in total. The van der Waals surface area contributed by atoms with Gasteiger partial charge in [-0.3, -0.25) is 14.4 Å². The Kier molecular flexibility index (Phi) is 13.0. The minimum absolute atomic E-state index is 0.00525. The maximum absolute atomic E-state index is 13.2. The van der Waals surface area contributed by atoms with E-state index in [4.69, 9.17) is 11.5 Å². The number of hydrogen-bond acceptors (Lipinski definition) is 8. The molecule has 2 rings (SSSR count). The highest BCUT2D eigenvalue weighted by atomic mass is 16.4. The molecule has 0 aliphatic carbocycles. The van der Waals surface area contributed by atoms with Crippen LogP contribution in [0.5, 0.6) is 5.75 Å². The highest BCUT2D eigenvalue weighted by Crippen LogP contribution is 2.12. The molecular formula is C28H39N5O7. The van der Waals surface area contributed by atoms with Crippen LogP contribution in [0.2, 0.25) is 0 Å². The average molecular weight is 558 g/mol. The zero-order valence-corrected chi connectivity index (χ0v) is 22.5. The Hall–Kier alpha value is -4.00. The molecule has 0 radical (unpaired) electrons. The molecule has 0 aliphatic heterocycles. The Morgan fingerprint density at radius 2 is 1.40 bits per heavy atom. The molecule has 5 unspecified atom stereocenters. The lowest BCUT2D eigenvalue weighted by atomic mass is 10.0. The minimum atomic E-state index is -1.50. The van der Waals surface area contributed by atoms with E-state index in [0.29, 0.717) is 24.9 Å². The molecule has 0 saturated heterocycles. The third kappa shape index (κ3) is 10.6. The van der Waals surface area contributed by atoms with E-state index < -0.39 is 54.0 Å². The molecule has 2 aromatic carbocycles. The highest BCUT2D eigenvalue weighted by Gasteiger charge is 2.32. The fourth-order valence-electron chi connectivity index (χ4n) is 3.99. The minimum Gasteiger partial charge on any atom is -0.508 e. The molecule has 0 heterocycles. The molecule has 218 valence electrons. The predicted molar refractivity (Wildman–Crippen MR) is 148 cm³/mol. The lowest BCUT2D eigenvalue weighted by Gasteiger charge is -2.26. The third-order valence-corrected chi connectivity index (χ3v) is 6.27. The van der Waals surface area contributed by atoms with Gasteiger partial charge in [-0.05, 0) is 62.4 Å². The van der Waals surface area contributed by atoms with Crippen LogP contribution in [0.3, 0.4) is 0 Å². The van der Waals surface area contributed by atoms with E-state index in [-0.39, 0.29) is 25.0 Å². The number of aliphatic hydroxyl groups excluding tert-OH is 1. The number of aromatic hydroxyl groups is 1. The fourth-order valence-corrected chi connectivity index (χ4v) is 3.99. The monoisotopic (exact) mass is 557 g/mol. The number of aliphatic carboxylic acids is 1. The molecule has 0 aliphatic rings. The van der Waals surface area contributed by atoms with Crippen molar-refractivity contribution in [1.82, 2.24) is 16.0 Å². The van der Waals surface area contributed by atoms with Crippen molar-refractivity contribution in [1.29, 1.82) is 0 Å². The number of unbranched alkanes of at least 4 members (excludes halogenated alkanes) is 1. The summed E-state index contributed by atoms with van der Waals surface area (Å²) in [6.45, 7) is 1.66. The molecule has 3 amide bonds. The number of phenolic OH excluding ortho intramolecular Hbond substituents is 1. The van der Waals surface area contributed by atoms with Crippen LogP contribution in [0, 0.1) is 0 Å². The summed E-state index contributed by atoms with van der Waals surface area (Å²) in [4.78, 5) is 50.8. The van der Waals surface area contributed by atoms with Crippen LogP contribution in [-0.2, 0) is 32.0 Å². The molecule has 0 aromatic heterocycles. The molecule has 2 aromatic rings.